The SMILES string of the molecule is O=C(CCn1ccn2nc(-c3ccc(F)cc3)cc2c1=O)N1CCN(c2ccc(F)cc2)CC1. The molecule has 7 nitrogen and oxygen atoms in total. The van der Waals surface area contributed by atoms with Gasteiger partial charge in [0, 0.05) is 62.8 Å². The molecule has 1 fully saturated rings. The number of piperazine rings is 1. The van der Waals surface area contributed by atoms with Gasteiger partial charge in [-0.25, -0.2) is 13.3 Å². The molecule has 1 aliphatic heterocycles. The summed E-state index contributed by atoms with van der Waals surface area (Å²) in [5, 5.41) is 4.40. The van der Waals surface area contributed by atoms with Gasteiger partial charge in [-0.15, -0.1) is 0 Å². The highest BCUT2D eigenvalue weighted by Gasteiger charge is 2.21. The summed E-state index contributed by atoms with van der Waals surface area (Å²) in [7, 11) is 0. The lowest BCUT2D eigenvalue weighted by molar-refractivity contribution is -0.131. The molecule has 0 spiro atoms. The van der Waals surface area contributed by atoms with E-state index >= 15 is 0 Å². The lowest BCUT2D eigenvalue weighted by Gasteiger charge is -2.36. The number of carbonyl (C=O) groups is 1. The van der Waals surface area contributed by atoms with Crippen LogP contribution >= 0.6 is 0 Å². The van der Waals surface area contributed by atoms with Crippen LogP contribution in [0.15, 0.2) is 71.8 Å². The molecule has 0 unspecified atom stereocenters. The monoisotopic (exact) mass is 463 g/mol. The van der Waals surface area contributed by atoms with E-state index in [0.29, 0.717) is 43.0 Å². The zero-order valence-corrected chi connectivity index (χ0v) is 18.4. The van der Waals surface area contributed by atoms with Crippen molar-refractivity contribution < 1.29 is 13.6 Å². The normalized spacial score (nSPS) is 14.1. The molecule has 0 atom stereocenters. The Morgan fingerprint density at radius 2 is 1.53 bits per heavy atom. The van der Waals surface area contributed by atoms with Crippen LogP contribution in [0.4, 0.5) is 14.5 Å². The van der Waals surface area contributed by atoms with E-state index in [9.17, 15) is 18.4 Å². The fraction of sp³-hybridized carbons (Fsp3) is 0.240. The molecule has 2 aromatic carbocycles. The predicted molar refractivity (Wildman–Crippen MR) is 125 cm³/mol. The standard InChI is InChI=1S/C25H23F2N5O2/c26-19-3-1-18(2-4-19)22-17-23-25(34)31(15-16-32(23)28-22)10-9-24(33)30-13-11-29(12-14-30)21-7-5-20(27)6-8-21/h1-8,15-17H,9-14H2. The van der Waals surface area contributed by atoms with E-state index < -0.39 is 0 Å². The van der Waals surface area contributed by atoms with Crippen molar-refractivity contribution in [3.8, 4) is 11.3 Å². The third-order valence-corrected chi connectivity index (χ3v) is 6.13. The summed E-state index contributed by atoms with van der Waals surface area (Å²) < 4.78 is 29.3. The Morgan fingerprint density at radius 3 is 2.21 bits per heavy atom. The largest absolute Gasteiger partial charge is 0.368 e. The smallest absolute Gasteiger partial charge is 0.276 e. The molecule has 0 saturated carbocycles. The molecular formula is C25H23F2N5O2. The molecule has 0 N–H and O–H groups in total. The molecule has 0 radical (unpaired) electrons. The second-order valence-corrected chi connectivity index (χ2v) is 8.26. The van der Waals surface area contributed by atoms with Crippen LogP contribution in [0.2, 0.25) is 0 Å². The molecule has 0 aliphatic carbocycles. The molecular weight excluding hydrogens is 440 g/mol. The topological polar surface area (TPSA) is 62.9 Å². The fourth-order valence-electron chi connectivity index (χ4n) is 4.20. The Kier molecular flexibility index (Phi) is 5.83. The van der Waals surface area contributed by atoms with E-state index in [-0.39, 0.29) is 36.1 Å². The highest BCUT2D eigenvalue weighted by molar-refractivity contribution is 5.76. The third-order valence-electron chi connectivity index (χ3n) is 6.13. The Hall–Kier alpha value is -4.01. The number of aromatic nitrogens is 3. The fourth-order valence-corrected chi connectivity index (χ4v) is 4.20. The van der Waals surface area contributed by atoms with E-state index in [1.807, 2.05) is 0 Å². The molecule has 34 heavy (non-hydrogen) atoms. The summed E-state index contributed by atoms with van der Waals surface area (Å²) in [5.41, 5.74) is 2.38. The number of fused-ring (bicyclic) bond motifs is 1. The summed E-state index contributed by atoms with van der Waals surface area (Å²) in [4.78, 5) is 29.6. The van der Waals surface area contributed by atoms with Gasteiger partial charge in [-0.3, -0.25) is 9.59 Å². The lowest BCUT2D eigenvalue weighted by Crippen LogP contribution is -2.49. The first-order valence-corrected chi connectivity index (χ1v) is 11.1. The van der Waals surface area contributed by atoms with Crippen molar-refractivity contribution >= 4 is 17.1 Å². The highest BCUT2D eigenvalue weighted by atomic mass is 19.1. The molecule has 5 rings (SSSR count). The number of hydrogen-bond donors (Lipinski definition) is 0. The summed E-state index contributed by atoms with van der Waals surface area (Å²) in [6.45, 7) is 2.77. The van der Waals surface area contributed by atoms with E-state index in [1.165, 1.54) is 33.3 Å². The number of hydrogen-bond acceptors (Lipinski definition) is 4. The highest BCUT2D eigenvalue weighted by Crippen LogP contribution is 2.19. The summed E-state index contributed by atoms with van der Waals surface area (Å²) in [5.74, 6) is -0.615. The average molecular weight is 463 g/mol. The first-order valence-electron chi connectivity index (χ1n) is 11.1. The van der Waals surface area contributed by atoms with Gasteiger partial charge in [0.1, 0.15) is 17.2 Å². The average Bonchev–Trinajstić information content (AvgIpc) is 3.30. The number of anilines is 1. The summed E-state index contributed by atoms with van der Waals surface area (Å²) in [6, 6.07) is 14.0. The summed E-state index contributed by atoms with van der Waals surface area (Å²) in [6.07, 6.45) is 3.51. The predicted octanol–water partition coefficient (Wildman–Crippen LogP) is 3.18. The molecule has 9 heteroatoms. The molecule has 2 aromatic heterocycles. The quantitative estimate of drug-likeness (QED) is 0.456. The van der Waals surface area contributed by atoms with Gasteiger partial charge in [-0.2, -0.15) is 5.10 Å². The van der Waals surface area contributed by atoms with Gasteiger partial charge >= 0.3 is 0 Å². The Labute approximate surface area is 194 Å². The summed E-state index contributed by atoms with van der Waals surface area (Å²) >= 11 is 0. The van der Waals surface area contributed by atoms with Crippen molar-refractivity contribution in [2.75, 3.05) is 31.1 Å². The zero-order chi connectivity index (χ0) is 23.7. The second kappa shape index (κ2) is 9.09. The Morgan fingerprint density at radius 1 is 0.882 bits per heavy atom. The number of amides is 1. The minimum atomic E-state index is -0.337. The van der Waals surface area contributed by atoms with Gasteiger partial charge in [0.05, 0.1) is 5.69 Å². The van der Waals surface area contributed by atoms with E-state index in [0.717, 1.165) is 5.69 Å². The van der Waals surface area contributed by atoms with Crippen molar-refractivity contribution in [1.29, 1.82) is 0 Å². The van der Waals surface area contributed by atoms with Gasteiger partial charge in [0.15, 0.2) is 0 Å². The molecule has 4 aromatic rings. The van der Waals surface area contributed by atoms with Crippen LogP contribution in [0.25, 0.3) is 16.8 Å². The van der Waals surface area contributed by atoms with Crippen LogP contribution in [0.5, 0.6) is 0 Å². The van der Waals surface area contributed by atoms with Crippen LogP contribution in [0.3, 0.4) is 0 Å². The molecule has 1 saturated heterocycles. The number of rotatable bonds is 5. The van der Waals surface area contributed by atoms with Gasteiger partial charge in [-0.1, -0.05) is 0 Å². The second-order valence-electron chi connectivity index (χ2n) is 8.26. The molecule has 0 bridgehead atoms. The first kappa shape index (κ1) is 21.8. The lowest BCUT2D eigenvalue weighted by atomic mass is 10.1. The van der Waals surface area contributed by atoms with Gasteiger partial charge < -0.3 is 14.4 Å². The maximum atomic E-state index is 13.2. The van der Waals surface area contributed by atoms with Crippen molar-refractivity contribution in [3.05, 3.63) is 89.0 Å². The maximum absolute atomic E-state index is 13.2. The number of halogens is 2. The van der Waals surface area contributed by atoms with E-state index in [4.69, 9.17) is 0 Å². The van der Waals surface area contributed by atoms with E-state index in [2.05, 4.69) is 10.00 Å². The molecule has 3 heterocycles. The number of carbonyl (C=O) groups excluding carboxylic acids is 1. The van der Waals surface area contributed by atoms with Crippen molar-refractivity contribution in [3.63, 3.8) is 0 Å². The van der Waals surface area contributed by atoms with Crippen LogP contribution in [0.1, 0.15) is 6.42 Å². The number of aryl methyl sites for hydroxylation is 1. The van der Waals surface area contributed by atoms with Crippen LogP contribution in [0, 0.1) is 11.6 Å². The molecule has 174 valence electrons. The minimum Gasteiger partial charge on any atom is -0.368 e. The van der Waals surface area contributed by atoms with Crippen LogP contribution < -0.4 is 10.5 Å². The van der Waals surface area contributed by atoms with Gasteiger partial charge in [0.25, 0.3) is 5.56 Å². The van der Waals surface area contributed by atoms with Crippen molar-refractivity contribution in [2.45, 2.75) is 13.0 Å². The van der Waals surface area contributed by atoms with Gasteiger partial charge in [-0.05, 0) is 54.6 Å². The third kappa shape index (κ3) is 4.41. The van der Waals surface area contributed by atoms with Crippen molar-refractivity contribution in [1.82, 2.24) is 19.1 Å². The Bertz CT molecular complexity index is 1370. The van der Waals surface area contributed by atoms with Gasteiger partial charge in [0.2, 0.25) is 5.91 Å². The molecule has 1 amide bonds. The van der Waals surface area contributed by atoms with Crippen molar-refractivity contribution in [2.24, 2.45) is 0 Å². The minimum absolute atomic E-state index is 0.00830. The zero-order valence-electron chi connectivity index (χ0n) is 18.4. The number of benzene rings is 2. The van der Waals surface area contributed by atoms with Crippen LogP contribution in [-0.2, 0) is 11.3 Å². The number of nitrogens with zero attached hydrogens (tertiary/aromatic N) is 5. The Balaban J connectivity index is 1.22. The first-order chi connectivity index (χ1) is 16.5. The van der Waals surface area contributed by atoms with Crippen LogP contribution in [-0.4, -0.2) is 51.2 Å². The maximum Gasteiger partial charge on any atom is 0.276 e. The van der Waals surface area contributed by atoms with E-state index in [1.54, 1.807) is 47.6 Å². The molecule has 1 aliphatic rings.